The molecular weight excluding hydrogens is 194 g/mol. The lowest BCUT2D eigenvalue weighted by atomic mass is 10.1. The van der Waals surface area contributed by atoms with Gasteiger partial charge in [-0.15, -0.1) is 0 Å². The summed E-state index contributed by atoms with van der Waals surface area (Å²) in [6.07, 6.45) is 0.647. The van der Waals surface area contributed by atoms with E-state index in [0.717, 1.165) is 12.0 Å². The highest BCUT2D eigenvalue weighted by molar-refractivity contribution is 5.42. The first-order valence-corrected chi connectivity index (χ1v) is 4.82. The van der Waals surface area contributed by atoms with Crippen LogP contribution in [0.25, 0.3) is 0 Å². The van der Waals surface area contributed by atoms with Crippen LogP contribution in [0.1, 0.15) is 18.1 Å². The van der Waals surface area contributed by atoms with Gasteiger partial charge in [0.25, 0.3) is 0 Å². The third-order valence-corrected chi connectivity index (χ3v) is 2.29. The van der Waals surface area contributed by atoms with Crippen LogP contribution in [0, 0.1) is 0 Å². The molecule has 0 amide bonds. The van der Waals surface area contributed by atoms with Gasteiger partial charge in [-0.05, 0) is 30.7 Å². The fourth-order valence-corrected chi connectivity index (χ4v) is 1.48. The first kappa shape index (κ1) is 11.8. The van der Waals surface area contributed by atoms with Gasteiger partial charge in [-0.1, -0.05) is 6.07 Å². The van der Waals surface area contributed by atoms with Crippen LogP contribution in [0.4, 0.5) is 0 Å². The summed E-state index contributed by atoms with van der Waals surface area (Å²) < 4.78 is 10.2. The first-order valence-electron chi connectivity index (χ1n) is 4.82. The molecule has 84 valence electrons. The second kappa shape index (κ2) is 5.58. The molecule has 0 saturated carbocycles. The number of nitrogens with two attached hydrogens (primary N) is 1. The third kappa shape index (κ3) is 2.84. The zero-order valence-corrected chi connectivity index (χ0v) is 9.06. The molecular formula is C11H17NO3. The monoisotopic (exact) mass is 211 g/mol. The van der Waals surface area contributed by atoms with Gasteiger partial charge in [0.2, 0.25) is 0 Å². The highest BCUT2D eigenvalue weighted by Gasteiger charge is 2.11. The van der Waals surface area contributed by atoms with Crippen LogP contribution in [-0.4, -0.2) is 25.9 Å². The number of phenols is 1. The maximum Gasteiger partial charge on any atom is 0.160 e. The Hall–Kier alpha value is -1.26. The van der Waals surface area contributed by atoms with Crippen molar-refractivity contribution in [3.63, 3.8) is 0 Å². The largest absolute Gasteiger partial charge is 0.504 e. The number of methoxy groups -OCH3 is 2. The van der Waals surface area contributed by atoms with E-state index in [4.69, 9.17) is 15.2 Å². The van der Waals surface area contributed by atoms with E-state index in [2.05, 4.69) is 0 Å². The van der Waals surface area contributed by atoms with Gasteiger partial charge >= 0.3 is 0 Å². The molecule has 3 N–H and O–H groups in total. The van der Waals surface area contributed by atoms with E-state index in [-0.39, 0.29) is 11.9 Å². The number of phenolic OH excluding ortho intramolecular Hbond substituents is 1. The molecule has 1 unspecified atom stereocenters. The van der Waals surface area contributed by atoms with Crippen molar-refractivity contribution in [1.29, 1.82) is 0 Å². The molecule has 0 spiro atoms. The van der Waals surface area contributed by atoms with E-state index in [1.54, 1.807) is 19.2 Å². The number of benzene rings is 1. The van der Waals surface area contributed by atoms with E-state index >= 15 is 0 Å². The standard InChI is InChI=1S/C11H17NO3/c1-14-10(5-6-12)8-3-4-11(15-2)9(13)7-8/h3-4,7,10,13H,5-6,12H2,1-2H3. The normalized spacial score (nSPS) is 12.5. The van der Waals surface area contributed by atoms with Crippen LogP contribution >= 0.6 is 0 Å². The number of aromatic hydroxyl groups is 1. The Morgan fingerprint density at radius 3 is 2.60 bits per heavy atom. The molecule has 0 aliphatic carbocycles. The van der Waals surface area contributed by atoms with E-state index < -0.39 is 0 Å². The van der Waals surface area contributed by atoms with Crippen molar-refractivity contribution in [3.8, 4) is 11.5 Å². The molecule has 0 saturated heterocycles. The molecule has 0 aromatic heterocycles. The summed E-state index contributed by atoms with van der Waals surface area (Å²) >= 11 is 0. The summed E-state index contributed by atoms with van der Waals surface area (Å²) in [6.45, 7) is 0.547. The predicted octanol–water partition coefficient (Wildman–Crippen LogP) is 1.44. The lowest BCUT2D eigenvalue weighted by Gasteiger charge is -2.15. The van der Waals surface area contributed by atoms with Gasteiger partial charge in [0.15, 0.2) is 11.5 Å². The van der Waals surface area contributed by atoms with Gasteiger partial charge in [-0.2, -0.15) is 0 Å². The Balaban J connectivity index is 2.89. The van der Waals surface area contributed by atoms with E-state index in [0.29, 0.717) is 12.3 Å². The zero-order valence-electron chi connectivity index (χ0n) is 9.06. The summed E-state index contributed by atoms with van der Waals surface area (Å²) in [5, 5.41) is 9.59. The molecule has 1 aromatic rings. The van der Waals surface area contributed by atoms with Crippen molar-refractivity contribution in [2.24, 2.45) is 5.73 Å². The maximum atomic E-state index is 9.59. The van der Waals surface area contributed by atoms with Gasteiger partial charge in [0, 0.05) is 7.11 Å². The molecule has 0 aliphatic heterocycles. The van der Waals surface area contributed by atoms with Crippen molar-refractivity contribution < 1.29 is 14.6 Å². The number of hydrogen-bond acceptors (Lipinski definition) is 4. The Morgan fingerprint density at radius 1 is 1.40 bits per heavy atom. The van der Waals surface area contributed by atoms with Gasteiger partial charge in [-0.3, -0.25) is 0 Å². The second-order valence-corrected chi connectivity index (χ2v) is 3.23. The average Bonchev–Trinajstić information content (AvgIpc) is 2.25. The maximum absolute atomic E-state index is 9.59. The molecule has 0 radical (unpaired) electrons. The van der Waals surface area contributed by atoms with Crippen molar-refractivity contribution in [2.45, 2.75) is 12.5 Å². The minimum absolute atomic E-state index is 0.0770. The van der Waals surface area contributed by atoms with Crippen molar-refractivity contribution in [2.75, 3.05) is 20.8 Å². The molecule has 1 atom stereocenters. The summed E-state index contributed by atoms with van der Waals surface area (Å²) in [5.74, 6) is 0.579. The van der Waals surface area contributed by atoms with E-state index in [9.17, 15) is 5.11 Å². The lowest BCUT2D eigenvalue weighted by Crippen LogP contribution is -2.09. The molecule has 0 fully saturated rings. The van der Waals surface area contributed by atoms with E-state index in [1.165, 1.54) is 7.11 Å². The zero-order chi connectivity index (χ0) is 11.3. The van der Waals surface area contributed by atoms with Crippen molar-refractivity contribution in [1.82, 2.24) is 0 Å². The SMILES string of the molecule is COc1ccc(C(CCN)OC)cc1O. The molecule has 4 heteroatoms. The Bertz CT molecular complexity index is 315. The van der Waals surface area contributed by atoms with Gasteiger partial charge < -0.3 is 20.3 Å². The topological polar surface area (TPSA) is 64.7 Å². The third-order valence-electron chi connectivity index (χ3n) is 2.29. The van der Waals surface area contributed by atoms with Crippen molar-refractivity contribution in [3.05, 3.63) is 23.8 Å². The summed E-state index contributed by atoms with van der Waals surface area (Å²) in [6, 6.07) is 5.22. The molecule has 0 bridgehead atoms. The number of rotatable bonds is 5. The highest BCUT2D eigenvalue weighted by atomic mass is 16.5. The van der Waals surface area contributed by atoms with Gasteiger partial charge in [0.1, 0.15) is 0 Å². The fourth-order valence-electron chi connectivity index (χ4n) is 1.48. The second-order valence-electron chi connectivity index (χ2n) is 3.23. The smallest absolute Gasteiger partial charge is 0.160 e. The fraction of sp³-hybridized carbons (Fsp3) is 0.455. The molecule has 0 aliphatic rings. The van der Waals surface area contributed by atoms with E-state index in [1.807, 2.05) is 6.07 Å². The molecule has 1 aromatic carbocycles. The predicted molar refractivity (Wildman–Crippen MR) is 58.1 cm³/mol. The van der Waals surface area contributed by atoms with Crippen LogP contribution in [0.3, 0.4) is 0 Å². The van der Waals surface area contributed by atoms with Crippen LogP contribution in [0.15, 0.2) is 18.2 Å². The average molecular weight is 211 g/mol. The highest BCUT2D eigenvalue weighted by Crippen LogP contribution is 2.30. The van der Waals surface area contributed by atoms with Crippen LogP contribution in [-0.2, 0) is 4.74 Å². The van der Waals surface area contributed by atoms with Crippen LogP contribution < -0.4 is 10.5 Å². The van der Waals surface area contributed by atoms with Crippen LogP contribution in [0.2, 0.25) is 0 Å². The van der Waals surface area contributed by atoms with Gasteiger partial charge in [0.05, 0.1) is 13.2 Å². The molecule has 1 rings (SSSR count). The quantitative estimate of drug-likeness (QED) is 0.773. The number of hydrogen-bond donors (Lipinski definition) is 2. The Morgan fingerprint density at radius 2 is 2.13 bits per heavy atom. The Labute approximate surface area is 89.6 Å². The summed E-state index contributed by atoms with van der Waals surface area (Å²) in [5.41, 5.74) is 6.37. The van der Waals surface area contributed by atoms with Crippen molar-refractivity contribution >= 4 is 0 Å². The lowest BCUT2D eigenvalue weighted by molar-refractivity contribution is 0.0975. The summed E-state index contributed by atoms with van der Waals surface area (Å²) in [4.78, 5) is 0. The molecule has 0 heterocycles. The summed E-state index contributed by atoms with van der Waals surface area (Å²) in [7, 11) is 3.14. The first-order chi connectivity index (χ1) is 7.22. The minimum atomic E-state index is -0.0770. The van der Waals surface area contributed by atoms with Gasteiger partial charge in [-0.25, -0.2) is 0 Å². The van der Waals surface area contributed by atoms with Crippen LogP contribution in [0.5, 0.6) is 11.5 Å². The number of ether oxygens (including phenoxy) is 2. The minimum Gasteiger partial charge on any atom is -0.504 e. The molecule has 4 nitrogen and oxygen atoms in total. The Kier molecular flexibility index (Phi) is 4.39. The molecule has 15 heavy (non-hydrogen) atoms.